The Morgan fingerprint density at radius 1 is 1.53 bits per heavy atom. The van der Waals surface area contributed by atoms with E-state index < -0.39 is 0 Å². The van der Waals surface area contributed by atoms with E-state index >= 15 is 0 Å². The van der Waals surface area contributed by atoms with Crippen molar-refractivity contribution < 1.29 is 4.74 Å². The number of aromatic nitrogens is 1. The number of nitrogens with one attached hydrogen (secondary N) is 1. The van der Waals surface area contributed by atoms with Crippen LogP contribution in [0.3, 0.4) is 0 Å². The number of rotatable bonds is 4. The maximum Gasteiger partial charge on any atom is 0.0900 e. The Labute approximate surface area is 116 Å². The second-order valence-corrected chi connectivity index (χ2v) is 5.94. The molecule has 1 aromatic carbocycles. The van der Waals surface area contributed by atoms with Crippen LogP contribution in [-0.2, 0) is 4.74 Å². The second-order valence-electron chi connectivity index (χ2n) is 4.71. The molecule has 1 aromatic heterocycles. The maximum absolute atomic E-state index is 6.09. The Morgan fingerprint density at radius 2 is 2.37 bits per heavy atom. The van der Waals surface area contributed by atoms with Crippen molar-refractivity contribution in [1.82, 2.24) is 4.98 Å². The Balaban J connectivity index is 1.73. The highest BCUT2D eigenvalue weighted by Crippen LogP contribution is 2.30. The number of nitrogens with zero attached hydrogens (tertiary/aromatic N) is 1. The van der Waals surface area contributed by atoms with Crippen molar-refractivity contribution in [3.05, 3.63) is 29.4 Å². The standard InChI is InChI=1S/C14H17N3OS/c1-9-16-8-14(19-9)10-2-3-13(12(15)6-10)17-7-11-4-5-18-11/h2-3,6,8,11,17H,4-5,7,15H2,1H3/t11-/m0/s1. The summed E-state index contributed by atoms with van der Waals surface area (Å²) < 4.78 is 5.38. The summed E-state index contributed by atoms with van der Waals surface area (Å²) >= 11 is 1.68. The summed E-state index contributed by atoms with van der Waals surface area (Å²) in [4.78, 5) is 5.42. The first-order chi connectivity index (χ1) is 9.22. The third kappa shape index (κ3) is 2.72. The van der Waals surface area contributed by atoms with Crippen LogP contribution in [-0.4, -0.2) is 24.2 Å². The van der Waals surface area contributed by atoms with Gasteiger partial charge in [0.2, 0.25) is 0 Å². The van der Waals surface area contributed by atoms with Gasteiger partial charge in [0.15, 0.2) is 0 Å². The van der Waals surface area contributed by atoms with E-state index in [1.807, 2.05) is 25.3 Å². The third-order valence-electron chi connectivity index (χ3n) is 3.27. The van der Waals surface area contributed by atoms with Gasteiger partial charge in [-0.3, -0.25) is 0 Å². The zero-order valence-corrected chi connectivity index (χ0v) is 11.7. The Hall–Kier alpha value is -1.59. The van der Waals surface area contributed by atoms with Crippen LogP contribution >= 0.6 is 11.3 Å². The number of nitrogens with two attached hydrogens (primary N) is 1. The smallest absolute Gasteiger partial charge is 0.0900 e. The SMILES string of the molecule is Cc1ncc(-c2ccc(NC[C@@H]3CCO3)c(N)c2)s1. The highest BCUT2D eigenvalue weighted by atomic mass is 32.1. The average Bonchev–Trinajstić information content (AvgIpc) is 2.76. The molecule has 4 nitrogen and oxygen atoms in total. The largest absolute Gasteiger partial charge is 0.397 e. The molecule has 0 saturated carbocycles. The van der Waals surface area contributed by atoms with Gasteiger partial charge in [-0.2, -0.15) is 0 Å². The first kappa shape index (κ1) is 12.4. The zero-order chi connectivity index (χ0) is 13.2. The third-order valence-corrected chi connectivity index (χ3v) is 4.23. The Bertz CT molecular complexity index is 578. The van der Waals surface area contributed by atoms with Gasteiger partial charge in [0.1, 0.15) is 0 Å². The lowest BCUT2D eigenvalue weighted by Gasteiger charge is -2.27. The van der Waals surface area contributed by atoms with Crippen LogP contribution in [0.1, 0.15) is 11.4 Å². The molecule has 0 unspecified atom stereocenters. The van der Waals surface area contributed by atoms with E-state index in [1.165, 1.54) is 0 Å². The number of nitrogen functional groups attached to an aromatic ring is 1. The molecule has 3 rings (SSSR count). The first-order valence-corrected chi connectivity index (χ1v) is 7.22. The number of hydrogen-bond acceptors (Lipinski definition) is 5. The predicted molar refractivity (Wildman–Crippen MR) is 79.5 cm³/mol. The molecule has 0 spiro atoms. The molecule has 100 valence electrons. The molecule has 0 amide bonds. The van der Waals surface area contributed by atoms with Crippen molar-refractivity contribution in [1.29, 1.82) is 0 Å². The number of anilines is 2. The molecule has 2 heterocycles. The molecular formula is C14H17N3OS. The molecule has 3 N–H and O–H groups in total. The summed E-state index contributed by atoms with van der Waals surface area (Å²) in [7, 11) is 0. The second kappa shape index (κ2) is 5.19. The van der Waals surface area contributed by atoms with E-state index in [9.17, 15) is 0 Å². The summed E-state index contributed by atoms with van der Waals surface area (Å²) in [6.45, 7) is 3.71. The minimum atomic E-state index is 0.336. The number of ether oxygens (including phenoxy) is 1. The normalized spacial score (nSPS) is 18.1. The van der Waals surface area contributed by atoms with Gasteiger partial charge >= 0.3 is 0 Å². The summed E-state index contributed by atoms with van der Waals surface area (Å²) in [6.07, 6.45) is 3.36. The van der Waals surface area contributed by atoms with E-state index in [2.05, 4.69) is 16.4 Å². The van der Waals surface area contributed by atoms with E-state index in [1.54, 1.807) is 11.3 Å². The molecule has 1 fully saturated rings. The fourth-order valence-corrected chi connectivity index (χ4v) is 2.82. The monoisotopic (exact) mass is 275 g/mol. The molecule has 1 aliphatic heterocycles. The molecule has 2 aromatic rings. The summed E-state index contributed by atoms with van der Waals surface area (Å²) in [5.74, 6) is 0. The van der Waals surface area contributed by atoms with Crippen molar-refractivity contribution in [2.75, 3.05) is 24.2 Å². The minimum Gasteiger partial charge on any atom is -0.397 e. The van der Waals surface area contributed by atoms with Gasteiger partial charge in [-0.25, -0.2) is 4.98 Å². The first-order valence-electron chi connectivity index (χ1n) is 6.40. The Kier molecular flexibility index (Phi) is 3.40. The molecule has 19 heavy (non-hydrogen) atoms. The van der Waals surface area contributed by atoms with Gasteiger partial charge < -0.3 is 15.8 Å². The quantitative estimate of drug-likeness (QED) is 0.842. The number of benzene rings is 1. The average molecular weight is 275 g/mol. The Morgan fingerprint density at radius 3 is 2.95 bits per heavy atom. The van der Waals surface area contributed by atoms with Crippen molar-refractivity contribution in [3.63, 3.8) is 0 Å². The van der Waals surface area contributed by atoms with Crippen LogP contribution < -0.4 is 11.1 Å². The summed E-state index contributed by atoms with van der Waals surface area (Å²) in [6, 6.07) is 6.10. The number of thiazole rings is 1. The highest BCUT2D eigenvalue weighted by Gasteiger charge is 2.17. The molecule has 1 saturated heterocycles. The van der Waals surface area contributed by atoms with Crippen LogP contribution in [0.4, 0.5) is 11.4 Å². The highest BCUT2D eigenvalue weighted by molar-refractivity contribution is 7.15. The topological polar surface area (TPSA) is 60.2 Å². The molecular weight excluding hydrogens is 258 g/mol. The van der Waals surface area contributed by atoms with Crippen LogP contribution in [0.15, 0.2) is 24.4 Å². The van der Waals surface area contributed by atoms with Crippen LogP contribution in [0.5, 0.6) is 0 Å². The van der Waals surface area contributed by atoms with Crippen molar-refractivity contribution >= 4 is 22.7 Å². The number of aryl methyl sites for hydroxylation is 1. The lowest BCUT2D eigenvalue weighted by Crippen LogP contribution is -2.33. The molecule has 0 bridgehead atoms. The van der Waals surface area contributed by atoms with Gasteiger partial charge in [0.05, 0.1) is 27.4 Å². The summed E-state index contributed by atoms with van der Waals surface area (Å²) in [5.41, 5.74) is 8.95. The lowest BCUT2D eigenvalue weighted by molar-refractivity contribution is -0.0410. The van der Waals surface area contributed by atoms with Gasteiger partial charge in [-0.1, -0.05) is 6.07 Å². The van der Waals surface area contributed by atoms with Crippen LogP contribution in [0.25, 0.3) is 10.4 Å². The van der Waals surface area contributed by atoms with E-state index in [0.717, 1.165) is 46.4 Å². The van der Waals surface area contributed by atoms with Gasteiger partial charge in [-0.05, 0) is 31.0 Å². The van der Waals surface area contributed by atoms with Crippen LogP contribution in [0.2, 0.25) is 0 Å². The molecule has 5 heteroatoms. The lowest BCUT2D eigenvalue weighted by atomic mass is 10.1. The predicted octanol–water partition coefficient (Wildman–Crippen LogP) is 2.90. The fourth-order valence-electron chi connectivity index (χ4n) is 2.04. The molecule has 0 aliphatic carbocycles. The number of hydrogen-bond donors (Lipinski definition) is 2. The van der Waals surface area contributed by atoms with Crippen molar-refractivity contribution in [3.8, 4) is 10.4 Å². The maximum atomic E-state index is 6.09. The van der Waals surface area contributed by atoms with E-state index in [4.69, 9.17) is 10.5 Å². The van der Waals surface area contributed by atoms with Crippen molar-refractivity contribution in [2.24, 2.45) is 0 Å². The fraction of sp³-hybridized carbons (Fsp3) is 0.357. The molecule has 1 atom stereocenters. The molecule has 0 radical (unpaired) electrons. The van der Waals surface area contributed by atoms with Gasteiger partial charge in [0, 0.05) is 19.3 Å². The van der Waals surface area contributed by atoms with E-state index in [0.29, 0.717) is 6.10 Å². The molecule has 1 aliphatic rings. The van der Waals surface area contributed by atoms with Crippen LogP contribution in [0, 0.1) is 6.92 Å². The van der Waals surface area contributed by atoms with E-state index in [-0.39, 0.29) is 0 Å². The van der Waals surface area contributed by atoms with Gasteiger partial charge in [-0.15, -0.1) is 11.3 Å². The van der Waals surface area contributed by atoms with Gasteiger partial charge in [0.25, 0.3) is 0 Å². The summed E-state index contributed by atoms with van der Waals surface area (Å²) in [5, 5.41) is 4.40. The van der Waals surface area contributed by atoms with Crippen molar-refractivity contribution in [2.45, 2.75) is 19.4 Å². The minimum absolute atomic E-state index is 0.336. The zero-order valence-electron chi connectivity index (χ0n) is 10.8.